The smallest absolute Gasteiger partial charge is 0.249 e. The Kier molecular flexibility index (Phi) is 4.97. The molecule has 3 aromatic rings. The molecule has 0 bridgehead atoms. The molecule has 0 spiro atoms. The predicted octanol–water partition coefficient (Wildman–Crippen LogP) is 3.62. The molecule has 1 saturated heterocycles. The summed E-state index contributed by atoms with van der Waals surface area (Å²) in [7, 11) is 3.18. The number of amides is 1. The fourth-order valence-electron chi connectivity index (χ4n) is 3.39. The first-order valence-electron chi connectivity index (χ1n) is 9.08. The van der Waals surface area contributed by atoms with E-state index < -0.39 is 0 Å². The summed E-state index contributed by atoms with van der Waals surface area (Å²) < 4.78 is 16.1. The second-order valence-electron chi connectivity index (χ2n) is 6.62. The van der Waals surface area contributed by atoms with E-state index in [0.717, 1.165) is 11.1 Å². The minimum Gasteiger partial charge on any atom is -0.497 e. The van der Waals surface area contributed by atoms with Gasteiger partial charge in [0.05, 0.1) is 14.2 Å². The predicted molar refractivity (Wildman–Crippen MR) is 102 cm³/mol. The Morgan fingerprint density at radius 2 is 1.82 bits per heavy atom. The van der Waals surface area contributed by atoms with Crippen LogP contribution in [0.5, 0.6) is 11.5 Å². The van der Waals surface area contributed by atoms with Crippen molar-refractivity contribution in [3.05, 3.63) is 60.0 Å². The van der Waals surface area contributed by atoms with Crippen LogP contribution in [0.3, 0.4) is 0 Å². The summed E-state index contributed by atoms with van der Waals surface area (Å²) in [5.41, 5.74) is 1.80. The van der Waals surface area contributed by atoms with Gasteiger partial charge in [-0.3, -0.25) is 4.79 Å². The topological polar surface area (TPSA) is 77.7 Å². The zero-order valence-electron chi connectivity index (χ0n) is 15.8. The minimum atomic E-state index is -0.221. The monoisotopic (exact) mass is 379 g/mol. The number of ether oxygens (including phenoxy) is 2. The Hall–Kier alpha value is -3.35. The van der Waals surface area contributed by atoms with Crippen molar-refractivity contribution in [2.75, 3.05) is 14.2 Å². The van der Waals surface area contributed by atoms with Crippen molar-refractivity contribution in [3.63, 3.8) is 0 Å². The van der Waals surface area contributed by atoms with E-state index >= 15 is 0 Å². The summed E-state index contributed by atoms with van der Waals surface area (Å²) in [5.74, 6) is 2.26. The third kappa shape index (κ3) is 3.55. The average Bonchev–Trinajstić information content (AvgIpc) is 3.36. The molecule has 1 aliphatic rings. The van der Waals surface area contributed by atoms with Crippen molar-refractivity contribution in [2.24, 2.45) is 0 Å². The van der Waals surface area contributed by atoms with Gasteiger partial charge >= 0.3 is 0 Å². The van der Waals surface area contributed by atoms with Crippen molar-refractivity contribution in [2.45, 2.75) is 25.4 Å². The molecule has 4 rings (SSSR count). The van der Waals surface area contributed by atoms with Gasteiger partial charge in [-0.2, -0.15) is 4.98 Å². The number of rotatable bonds is 6. The largest absolute Gasteiger partial charge is 0.497 e. The molecule has 1 amide bonds. The van der Waals surface area contributed by atoms with Gasteiger partial charge in [0.25, 0.3) is 0 Å². The molecule has 0 aliphatic carbocycles. The normalized spacial score (nSPS) is 16.4. The Labute approximate surface area is 162 Å². The van der Waals surface area contributed by atoms with E-state index in [1.807, 2.05) is 42.5 Å². The number of carbonyl (C=O) groups is 1. The van der Waals surface area contributed by atoms with Crippen LogP contribution in [0, 0.1) is 0 Å². The zero-order chi connectivity index (χ0) is 19.5. The molecule has 1 fully saturated rings. The van der Waals surface area contributed by atoms with E-state index in [0.29, 0.717) is 42.6 Å². The van der Waals surface area contributed by atoms with Crippen LogP contribution in [0.15, 0.2) is 53.1 Å². The van der Waals surface area contributed by atoms with Crippen molar-refractivity contribution in [1.29, 1.82) is 0 Å². The standard InChI is InChI=1S/C21H21N3O4/c1-26-16-10-15(11-17(12-16)27-2)20-22-21(28-23-20)18-8-9-19(25)24(18)13-14-6-4-3-5-7-14/h3-7,10-12,18H,8-9,13H2,1-2H3. The summed E-state index contributed by atoms with van der Waals surface area (Å²) in [5, 5.41) is 4.11. The third-order valence-electron chi connectivity index (χ3n) is 4.86. The van der Waals surface area contributed by atoms with Gasteiger partial charge in [0.2, 0.25) is 17.6 Å². The molecule has 0 N–H and O–H groups in total. The number of nitrogens with zero attached hydrogens (tertiary/aromatic N) is 3. The number of hydrogen-bond acceptors (Lipinski definition) is 6. The second-order valence-corrected chi connectivity index (χ2v) is 6.62. The van der Waals surface area contributed by atoms with Crippen molar-refractivity contribution in [1.82, 2.24) is 15.0 Å². The molecule has 1 aliphatic heterocycles. The molecule has 28 heavy (non-hydrogen) atoms. The molecule has 7 heteroatoms. The average molecular weight is 379 g/mol. The van der Waals surface area contributed by atoms with Crippen LogP contribution < -0.4 is 9.47 Å². The fourth-order valence-corrected chi connectivity index (χ4v) is 3.39. The lowest BCUT2D eigenvalue weighted by atomic mass is 10.1. The SMILES string of the molecule is COc1cc(OC)cc(-c2noc(C3CCC(=O)N3Cc3ccccc3)n2)c1. The summed E-state index contributed by atoms with van der Waals surface area (Å²) in [6.45, 7) is 0.523. The maximum atomic E-state index is 12.4. The molecule has 0 saturated carbocycles. The van der Waals surface area contributed by atoms with Gasteiger partial charge in [0.1, 0.15) is 17.5 Å². The molecule has 1 unspecified atom stereocenters. The van der Waals surface area contributed by atoms with Gasteiger partial charge in [0.15, 0.2) is 0 Å². The highest BCUT2D eigenvalue weighted by Gasteiger charge is 2.36. The Morgan fingerprint density at radius 3 is 2.50 bits per heavy atom. The van der Waals surface area contributed by atoms with Gasteiger partial charge in [-0.15, -0.1) is 0 Å². The first kappa shape index (κ1) is 18.0. The fraction of sp³-hybridized carbons (Fsp3) is 0.286. The number of methoxy groups -OCH3 is 2. The third-order valence-corrected chi connectivity index (χ3v) is 4.86. The lowest BCUT2D eigenvalue weighted by molar-refractivity contribution is -0.129. The molecule has 1 atom stereocenters. The van der Waals surface area contributed by atoms with Gasteiger partial charge < -0.3 is 18.9 Å². The van der Waals surface area contributed by atoms with Gasteiger partial charge in [-0.1, -0.05) is 35.5 Å². The van der Waals surface area contributed by atoms with Crippen LogP contribution in [-0.4, -0.2) is 35.2 Å². The lowest BCUT2D eigenvalue weighted by Crippen LogP contribution is -2.27. The van der Waals surface area contributed by atoms with Crippen molar-refractivity contribution in [3.8, 4) is 22.9 Å². The van der Waals surface area contributed by atoms with Crippen molar-refractivity contribution < 1.29 is 18.8 Å². The van der Waals surface area contributed by atoms with E-state index in [1.165, 1.54) is 0 Å². The Bertz CT molecular complexity index is 949. The summed E-state index contributed by atoms with van der Waals surface area (Å²) in [6.07, 6.45) is 1.14. The van der Waals surface area contributed by atoms with Crippen LogP contribution >= 0.6 is 0 Å². The van der Waals surface area contributed by atoms with E-state index in [1.54, 1.807) is 25.2 Å². The number of likely N-dealkylation sites (tertiary alicyclic amines) is 1. The van der Waals surface area contributed by atoms with Gasteiger partial charge in [-0.05, 0) is 24.1 Å². The minimum absolute atomic E-state index is 0.0941. The highest BCUT2D eigenvalue weighted by molar-refractivity contribution is 5.78. The lowest BCUT2D eigenvalue weighted by Gasteiger charge is -2.22. The summed E-state index contributed by atoms with van der Waals surface area (Å²) in [4.78, 5) is 18.8. The molecular formula is C21H21N3O4. The molecular weight excluding hydrogens is 358 g/mol. The first-order valence-corrected chi connectivity index (χ1v) is 9.08. The van der Waals surface area contributed by atoms with Gasteiger partial charge in [-0.25, -0.2) is 0 Å². The summed E-state index contributed by atoms with van der Waals surface area (Å²) >= 11 is 0. The maximum Gasteiger partial charge on any atom is 0.249 e. The van der Waals surface area contributed by atoms with E-state index in [2.05, 4.69) is 10.1 Å². The molecule has 1 aromatic heterocycles. The highest BCUT2D eigenvalue weighted by atomic mass is 16.5. The highest BCUT2D eigenvalue weighted by Crippen LogP contribution is 2.35. The maximum absolute atomic E-state index is 12.4. The summed E-state index contributed by atoms with van der Waals surface area (Å²) in [6, 6.07) is 15.1. The molecule has 2 heterocycles. The quantitative estimate of drug-likeness (QED) is 0.651. The van der Waals surface area contributed by atoms with Crippen LogP contribution in [0.1, 0.15) is 30.3 Å². The number of carbonyl (C=O) groups excluding carboxylic acids is 1. The van der Waals surface area contributed by atoms with Crippen molar-refractivity contribution >= 4 is 5.91 Å². The van der Waals surface area contributed by atoms with E-state index in [9.17, 15) is 4.79 Å². The second kappa shape index (κ2) is 7.72. The van der Waals surface area contributed by atoms with Gasteiger partial charge in [0, 0.05) is 24.6 Å². The molecule has 144 valence electrons. The van der Waals surface area contributed by atoms with Crippen LogP contribution in [-0.2, 0) is 11.3 Å². The molecule has 2 aromatic carbocycles. The Balaban J connectivity index is 1.60. The number of benzene rings is 2. The number of aromatic nitrogens is 2. The Morgan fingerprint density at radius 1 is 1.11 bits per heavy atom. The molecule has 7 nitrogen and oxygen atoms in total. The van der Waals surface area contributed by atoms with E-state index in [4.69, 9.17) is 14.0 Å². The zero-order valence-corrected chi connectivity index (χ0v) is 15.8. The number of hydrogen-bond donors (Lipinski definition) is 0. The van der Waals surface area contributed by atoms with Crippen LogP contribution in [0.25, 0.3) is 11.4 Å². The first-order chi connectivity index (χ1) is 13.7. The molecule has 0 radical (unpaired) electrons. The van der Waals surface area contributed by atoms with E-state index in [-0.39, 0.29) is 11.9 Å². The van der Waals surface area contributed by atoms with Crippen LogP contribution in [0.2, 0.25) is 0 Å². The van der Waals surface area contributed by atoms with Crippen LogP contribution in [0.4, 0.5) is 0 Å².